The molecule has 0 spiro atoms. The summed E-state index contributed by atoms with van der Waals surface area (Å²) < 4.78 is 1.17. The van der Waals surface area contributed by atoms with E-state index in [0.29, 0.717) is 5.56 Å². The summed E-state index contributed by atoms with van der Waals surface area (Å²) in [5.41, 5.74) is 5.55. The van der Waals surface area contributed by atoms with Crippen molar-refractivity contribution in [2.24, 2.45) is 0 Å². The monoisotopic (exact) mass is 417 g/mol. The third-order valence-electron chi connectivity index (χ3n) is 4.52. The number of hydrogen-bond donors (Lipinski definition) is 2. The Balaban J connectivity index is 1.48. The molecule has 6 heteroatoms. The summed E-state index contributed by atoms with van der Waals surface area (Å²) in [5, 5.41) is 7.10. The van der Waals surface area contributed by atoms with Crippen LogP contribution in [0.2, 0.25) is 0 Å². The van der Waals surface area contributed by atoms with Crippen LogP contribution in [0, 0.1) is 13.8 Å². The Kier molecular flexibility index (Phi) is 5.38. The molecule has 144 valence electrons. The van der Waals surface area contributed by atoms with Gasteiger partial charge in [0.2, 0.25) is 0 Å². The number of para-hydroxylation sites is 1. The molecule has 0 fully saturated rings. The van der Waals surface area contributed by atoms with Crippen LogP contribution in [0.3, 0.4) is 0 Å². The van der Waals surface area contributed by atoms with Gasteiger partial charge in [0.15, 0.2) is 5.11 Å². The number of benzene rings is 3. The number of fused-ring (bicyclic) bond motifs is 1. The van der Waals surface area contributed by atoms with Gasteiger partial charge in [-0.15, -0.1) is 11.3 Å². The van der Waals surface area contributed by atoms with Gasteiger partial charge in [-0.25, -0.2) is 4.98 Å². The largest absolute Gasteiger partial charge is 0.332 e. The number of aromatic nitrogens is 1. The molecule has 0 bridgehead atoms. The first-order valence-corrected chi connectivity index (χ1v) is 10.4. The molecule has 0 aliphatic rings. The average Bonchev–Trinajstić information content (AvgIpc) is 3.13. The van der Waals surface area contributed by atoms with Gasteiger partial charge in [0, 0.05) is 16.8 Å². The van der Waals surface area contributed by atoms with Crippen LogP contribution in [0.4, 0.5) is 5.69 Å². The van der Waals surface area contributed by atoms with E-state index in [1.165, 1.54) is 4.70 Å². The van der Waals surface area contributed by atoms with Crippen LogP contribution in [0.1, 0.15) is 21.5 Å². The molecule has 0 saturated carbocycles. The van der Waals surface area contributed by atoms with Gasteiger partial charge in [0.25, 0.3) is 5.91 Å². The first-order valence-electron chi connectivity index (χ1n) is 9.15. The van der Waals surface area contributed by atoms with Crippen molar-refractivity contribution in [3.05, 3.63) is 83.4 Å². The van der Waals surface area contributed by atoms with Gasteiger partial charge in [0.05, 0.1) is 10.2 Å². The number of thiazole rings is 1. The van der Waals surface area contributed by atoms with Gasteiger partial charge in [-0.05, 0) is 74.1 Å². The topological polar surface area (TPSA) is 54.0 Å². The molecule has 29 heavy (non-hydrogen) atoms. The predicted octanol–water partition coefficient (Wildman–Crippen LogP) is 5.71. The fraction of sp³-hybridized carbons (Fsp3) is 0.0870. The SMILES string of the molecule is Cc1cccc(C(=O)NC(=S)Nc2ccc(-c3nc4ccccc4s3)cc2C)c1. The molecule has 0 atom stereocenters. The van der Waals surface area contributed by atoms with Gasteiger partial charge in [0.1, 0.15) is 5.01 Å². The lowest BCUT2D eigenvalue weighted by molar-refractivity contribution is 0.0977. The lowest BCUT2D eigenvalue weighted by Gasteiger charge is -2.12. The van der Waals surface area contributed by atoms with Crippen LogP contribution in [-0.2, 0) is 0 Å². The number of amides is 1. The minimum atomic E-state index is -0.227. The Morgan fingerprint density at radius 3 is 2.59 bits per heavy atom. The van der Waals surface area contributed by atoms with Crippen molar-refractivity contribution in [1.29, 1.82) is 0 Å². The van der Waals surface area contributed by atoms with Gasteiger partial charge in [-0.1, -0.05) is 29.8 Å². The van der Waals surface area contributed by atoms with Crippen LogP contribution in [0.25, 0.3) is 20.8 Å². The maximum atomic E-state index is 12.4. The third-order valence-corrected chi connectivity index (χ3v) is 5.81. The Hall–Kier alpha value is -3.09. The lowest BCUT2D eigenvalue weighted by Crippen LogP contribution is -2.34. The van der Waals surface area contributed by atoms with E-state index in [4.69, 9.17) is 17.2 Å². The molecule has 0 unspecified atom stereocenters. The molecule has 4 aromatic rings. The van der Waals surface area contributed by atoms with Crippen molar-refractivity contribution in [3.63, 3.8) is 0 Å². The fourth-order valence-corrected chi connectivity index (χ4v) is 4.21. The number of carbonyl (C=O) groups excluding carboxylic acids is 1. The molecule has 0 saturated heterocycles. The molecule has 1 amide bonds. The van der Waals surface area contributed by atoms with Crippen LogP contribution in [-0.4, -0.2) is 16.0 Å². The molecule has 1 aromatic heterocycles. The molecule has 0 radical (unpaired) electrons. The van der Waals surface area contributed by atoms with Gasteiger partial charge in [-0.2, -0.15) is 0 Å². The van der Waals surface area contributed by atoms with Crippen LogP contribution in [0.15, 0.2) is 66.7 Å². The van der Waals surface area contributed by atoms with E-state index in [2.05, 4.69) is 22.8 Å². The quantitative estimate of drug-likeness (QED) is 0.420. The molecular weight excluding hydrogens is 398 g/mol. The highest BCUT2D eigenvalue weighted by molar-refractivity contribution is 7.80. The number of hydrogen-bond acceptors (Lipinski definition) is 4. The number of thiocarbonyl (C=S) groups is 1. The second-order valence-corrected chi connectivity index (χ2v) is 8.23. The van der Waals surface area contributed by atoms with Crippen LogP contribution in [0.5, 0.6) is 0 Å². The Morgan fingerprint density at radius 1 is 1.00 bits per heavy atom. The number of nitrogens with zero attached hydrogens (tertiary/aromatic N) is 1. The molecule has 3 aromatic carbocycles. The summed E-state index contributed by atoms with van der Waals surface area (Å²) in [5.74, 6) is -0.227. The van der Waals surface area contributed by atoms with Crippen molar-refractivity contribution in [1.82, 2.24) is 10.3 Å². The van der Waals surface area contributed by atoms with Crippen molar-refractivity contribution < 1.29 is 4.79 Å². The molecule has 0 aliphatic carbocycles. The number of carbonyl (C=O) groups is 1. The number of rotatable bonds is 3. The highest BCUT2D eigenvalue weighted by Gasteiger charge is 2.11. The molecule has 0 aliphatic heterocycles. The zero-order chi connectivity index (χ0) is 20.4. The van der Waals surface area contributed by atoms with E-state index in [1.54, 1.807) is 17.4 Å². The van der Waals surface area contributed by atoms with E-state index in [9.17, 15) is 4.79 Å². The van der Waals surface area contributed by atoms with E-state index in [-0.39, 0.29) is 11.0 Å². The zero-order valence-electron chi connectivity index (χ0n) is 16.0. The van der Waals surface area contributed by atoms with Gasteiger partial charge >= 0.3 is 0 Å². The summed E-state index contributed by atoms with van der Waals surface area (Å²) >= 11 is 6.99. The van der Waals surface area contributed by atoms with E-state index < -0.39 is 0 Å². The lowest BCUT2D eigenvalue weighted by atomic mass is 10.1. The van der Waals surface area contributed by atoms with E-state index >= 15 is 0 Å². The number of nitrogens with one attached hydrogen (secondary N) is 2. The Labute approximate surface area is 178 Å². The minimum absolute atomic E-state index is 0.227. The average molecular weight is 418 g/mol. The second-order valence-electron chi connectivity index (χ2n) is 6.79. The first-order chi connectivity index (χ1) is 14.0. The van der Waals surface area contributed by atoms with E-state index in [0.717, 1.165) is 32.9 Å². The summed E-state index contributed by atoms with van der Waals surface area (Å²) in [4.78, 5) is 17.1. The number of anilines is 1. The zero-order valence-corrected chi connectivity index (χ0v) is 17.7. The minimum Gasteiger partial charge on any atom is -0.332 e. The third kappa shape index (κ3) is 4.34. The van der Waals surface area contributed by atoms with Crippen molar-refractivity contribution in [3.8, 4) is 10.6 Å². The summed E-state index contributed by atoms with van der Waals surface area (Å²) in [6.07, 6.45) is 0. The summed E-state index contributed by atoms with van der Waals surface area (Å²) in [7, 11) is 0. The second kappa shape index (κ2) is 8.11. The van der Waals surface area contributed by atoms with Gasteiger partial charge < -0.3 is 5.32 Å². The fourth-order valence-electron chi connectivity index (χ4n) is 3.05. The molecular formula is C23H19N3OS2. The molecule has 1 heterocycles. The first kappa shape index (κ1) is 19.2. The highest BCUT2D eigenvalue weighted by Crippen LogP contribution is 2.31. The predicted molar refractivity (Wildman–Crippen MR) is 125 cm³/mol. The number of aryl methyl sites for hydroxylation is 2. The van der Waals surface area contributed by atoms with Crippen LogP contribution < -0.4 is 10.6 Å². The molecule has 4 nitrogen and oxygen atoms in total. The van der Waals surface area contributed by atoms with Crippen molar-refractivity contribution >= 4 is 50.5 Å². The van der Waals surface area contributed by atoms with Crippen molar-refractivity contribution in [2.45, 2.75) is 13.8 Å². The smallest absolute Gasteiger partial charge is 0.257 e. The normalized spacial score (nSPS) is 10.7. The maximum absolute atomic E-state index is 12.4. The van der Waals surface area contributed by atoms with E-state index in [1.807, 2.05) is 62.4 Å². The standard InChI is InChI=1S/C23H19N3OS2/c1-14-6-5-7-16(12-14)21(27)26-23(28)25-18-11-10-17(13-15(18)2)22-24-19-8-3-4-9-20(19)29-22/h3-13H,1-2H3,(H2,25,26,27,28). The van der Waals surface area contributed by atoms with Gasteiger partial charge in [-0.3, -0.25) is 10.1 Å². The highest BCUT2D eigenvalue weighted by atomic mass is 32.1. The molecule has 2 N–H and O–H groups in total. The molecule has 4 rings (SSSR count). The Morgan fingerprint density at radius 2 is 1.83 bits per heavy atom. The van der Waals surface area contributed by atoms with Crippen molar-refractivity contribution in [2.75, 3.05) is 5.32 Å². The maximum Gasteiger partial charge on any atom is 0.257 e. The summed E-state index contributed by atoms with van der Waals surface area (Å²) in [6.45, 7) is 3.95. The Bertz CT molecular complexity index is 1200. The summed E-state index contributed by atoms with van der Waals surface area (Å²) in [6, 6.07) is 21.6. The van der Waals surface area contributed by atoms with Crippen LogP contribution >= 0.6 is 23.6 Å².